The quantitative estimate of drug-likeness (QED) is 0.444. The summed E-state index contributed by atoms with van der Waals surface area (Å²) in [6.07, 6.45) is 0.466. The lowest BCUT2D eigenvalue weighted by Crippen LogP contribution is -2.39. The summed E-state index contributed by atoms with van der Waals surface area (Å²) in [6.45, 7) is 7.74. The number of aryl methyl sites for hydroxylation is 1. The minimum Gasteiger partial charge on any atom is -0.378 e. The second-order valence-corrected chi connectivity index (χ2v) is 8.79. The largest absolute Gasteiger partial charge is 0.378 e. The number of aldehydes is 1. The van der Waals surface area contributed by atoms with Crippen molar-refractivity contribution >= 4 is 22.2 Å². The van der Waals surface area contributed by atoms with Crippen LogP contribution in [-0.2, 0) is 10.1 Å². The maximum atomic E-state index is 12.4. The van der Waals surface area contributed by atoms with E-state index in [-0.39, 0.29) is 34.1 Å². The fraction of sp³-hybridized carbons (Fsp3) is 0.300. The Morgan fingerprint density at radius 1 is 1.11 bits per heavy atom. The summed E-state index contributed by atoms with van der Waals surface area (Å²) in [5.74, 6) is -0.327. The first-order chi connectivity index (χ1) is 12.5. The Kier molecular flexibility index (Phi) is 6.18. The smallest absolute Gasteiger partial charge is 0.339 e. The van der Waals surface area contributed by atoms with Crippen LogP contribution < -0.4 is 9.50 Å². The van der Waals surface area contributed by atoms with Crippen molar-refractivity contribution in [1.82, 2.24) is 5.32 Å². The molecule has 0 radical (unpaired) electrons. The van der Waals surface area contributed by atoms with E-state index in [9.17, 15) is 18.0 Å². The summed E-state index contributed by atoms with van der Waals surface area (Å²) in [4.78, 5) is 23.6. The highest BCUT2D eigenvalue weighted by Crippen LogP contribution is 2.24. The zero-order chi connectivity index (χ0) is 20.2. The number of Topliss-reactive ketones (excluding diaryl/α,β-unsaturated/α-hetero) is 1. The molecule has 0 spiro atoms. The number of hydrogen-bond acceptors (Lipinski definition) is 6. The summed E-state index contributed by atoms with van der Waals surface area (Å²) in [5, 5.41) is 3.07. The lowest BCUT2D eigenvalue weighted by Gasteiger charge is -2.20. The molecule has 0 heterocycles. The lowest BCUT2D eigenvalue weighted by atomic mass is 10.0. The number of carbonyl (C=O) groups is 2. The van der Waals surface area contributed by atoms with Crippen LogP contribution in [0.1, 0.15) is 47.1 Å². The van der Waals surface area contributed by atoms with Crippen LogP contribution in [0.3, 0.4) is 0 Å². The van der Waals surface area contributed by atoms with Gasteiger partial charge in [0.05, 0.1) is 12.1 Å². The molecule has 0 atom stereocenters. The van der Waals surface area contributed by atoms with E-state index in [0.29, 0.717) is 11.8 Å². The molecular formula is C20H23NO5S. The normalized spacial score (nSPS) is 11.9. The molecule has 0 fully saturated rings. The van der Waals surface area contributed by atoms with Crippen LogP contribution in [0.2, 0.25) is 0 Å². The molecule has 2 aromatic carbocycles. The molecule has 6 nitrogen and oxygen atoms in total. The van der Waals surface area contributed by atoms with Gasteiger partial charge < -0.3 is 9.50 Å². The molecule has 2 rings (SSSR count). The molecule has 27 heavy (non-hydrogen) atoms. The van der Waals surface area contributed by atoms with E-state index in [1.807, 2.05) is 27.7 Å². The third kappa shape index (κ3) is 5.74. The zero-order valence-electron chi connectivity index (χ0n) is 15.8. The molecule has 0 aliphatic heterocycles. The van der Waals surface area contributed by atoms with Gasteiger partial charge in [-0.1, -0.05) is 17.7 Å². The topological polar surface area (TPSA) is 89.5 Å². The van der Waals surface area contributed by atoms with Gasteiger partial charge in [-0.3, -0.25) is 9.59 Å². The van der Waals surface area contributed by atoms with Crippen LogP contribution in [0.5, 0.6) is 5.75 Å². The van der Waals surface area contributed by atoms with E-state index in [1.165, 1.54) is 30.3 Å². The van der Waals surface area contributed by atoms with Gasteiger partial charge in [-0.25, -0.2) is 0 Å². The second kappa shape index (κ2) is 8.02. The highest BCUT2D eigenvalue weighted by molar-refractivity contribution is 7.87. The molecule has 2 aromatic rings. The summed E-state index contributed by atoms with van der Waals surface area (Å²) < 4.78 is 29.9. The number of hydrogen-bond donors (Lipinski definition) is 1. The molecule has 0 saturated heterocycles. The predicted octanol–water partition coefficient (Wildman–Crippen LogP) is 3.15. The fourth-order valence-corrected chi connectivity index (χ4v) is 3.16. The van der Waals surface area contributed by atoms with Gasteiger partial charge in [0.25, 0.3) is 0 Å². The van der Waals surface area contributed by atoms with Crippen LogP contribution in [0.25, 0.3) is 0 Å². The molecule has 0 unspecified atom stereocenters. The number of ketones is 1. The van der Waals surface area contributed by atoms with Gasteiger partial charge in [0, 0.05) is 11.1 Å². The monoisotopic (exact) mass is 389 g/mol. The first-order valence-electron chi connectivity index (χ1n) is 8.40. The Hall–Kier alpha value is -2.51. The van der Waals surface area contributed by atoms with Gasteiger partial charge in [-0.15, -0.1) is 0 Å². The van der Waals surface area contributed by atoms with Crippen LogP contribution in [-0.4, -0.2) is 32.6 Å². The van der Waals surface area contributed by atoms with E-state index in [4.69, 9.17) is 4.18 Å². The van der Waals surface area contributed by atoms with Crippen molar-refractivity contribution < 1.29 is 22.2 Å². The van der Waals surface area contributed by atoms with Gasteiger partial charge in [0.15, 0.2) is 17.8 Å². The zero-order valence-corrected chi connectivity index (χ0v) is 16.6. The molecule has 0 saturated carbocycles. The van der Waals surface area contributed by atoms with E-state index in [0.717, 1.165) is 5.56 Å². The summed E-state index contributed by atoms with van der Waals surface area (Å²) in [5.41, 5.74) is 0.976. The maximum absolute atomic E-state index is 12.4. The third-order valence-corrected chi connectivity index (χ3v) is 5.00. The number of benzene rings is 2. The minimum atomic E-state index is -4.08. The van der Waals surface area contributed by atoms with Crippen LogP contribution in [0, 0.1) is 6.92 Å². The number of carbonyl (C=O) groups excluding carboxylic acids is 2. The highest BCUT2D eigenvalue weighted by atomic mass is 32.2. The Morgan fingerprint density at radius 2 is 1.74 bits per heavy atom. The summed E-state index contributed by atoms with van der Waals surface area (Å²) in [7, 11) is -4.08. The van der Waals surface area contributed by atoms with Crippen molar-refractivity contribution in [1.29, 1.82) is 0 Å². The standard InChI is InChI=1S/C20H23NO5S/c1-14-5-8-17(9-6-14)27(24,25)26-19-10-7-15(11-16(19)13-22)18(23)12-21-20(2,3)4/h5-11,13,21H,12H2,1-4H3. The molecule has 0 bridgehead atoms. The van der Waals surface area contributed by atoms with Crippen molar-refractivity contribution in [3.63, 3.8) is 0 Å². The Bertz CT molecular complexity index is 941. The van der Waals surface area contributed by atoms with E-state index in [2.05, 4.69) is 5.32 Å². The van der Waals surface area contributed by atoms with Crippen molar-refractivity contribution in [2.75, 3.05) is 6.54 Å². The SMILES string of the molecule is Cc1ccc(S(=O)(=O)Oc2ccc(C(=O)CNC(C)(C)C)cc2C=O)cc1. The molecule has 0 aliphatic rings. The molecule has 1 N–H and O–H groups in total. The molecular weight excluding hydrogens is 366 g/mol. The predicted molar refractivity (Wildman–Crippen MR) is 103 cm³/mol. The van der Waals surface area contributed by atoms with Crippen molar-refractivity contribution in [2.45, 2.75) is 38.1 Å². The van der Waals surface area contributed by atoms with Crippen LogP contribution in [0.4, 0.5) is 0 Å². The average Bonchev–Trinajstić information content (AvgIpc) is 2.59. The third-order valence-electron chi connectivity index (χ3n) is 3.75. The first-order valence-corrected chi connectivity index (χ1v) is 9.81. The number of nitrogens with one attached hydrogen (secondary N) is 1. The van der Waals surface area contributed by atoms with Gasteiger partial charge in [0.1, 0.15) is 4.90 Å². The van der Waals surface area contributed by atoms with Gasteiger partial charge in [0.2, 0.25) is 0 Å². The van der Waals surface area contributed by atoms with Crippen LogP contribution in [0.15, 0.2) is 47.4 Å². The Balaban J connectivity index is 2.24. The fourth-order valence-electron chi connectivity index (χ4n) is 2.21. The maximum Gasteiger partial charge on any atom is 0.339 e. The second-order valence-electron chi connectivity index (χ2n) is 7.25. The van der Waals surface area contributed by atoms with E-state index in [1.54, 1.807) is 12.1 Å². The summed E-state index contributed by atoms with van der Waals surface area (Å²) in [6, 6.07) is 10.3. The van der Waals surface area contributed by atoms with Crippen molar-refractivity contribution in [3.8, 4) is 5.75 Å². The average molecular weight is 389 g/mol. The highest BCUT2D eigenvalue weighted by Gasteiger charge is 2.20. The minimum absolute atomic E-state index is 0.00713. The van der Waals surface area contributed by atoms with Crippen molar-refractivity contribution in [3.05, 3.63) is 59.2 Å². The molecule has 7 heteroatoms. The summed E-state index contributed by atoms with van der Waals surface area (Å²) >= 11 is 0. The van der Waals surface area contributed by atoms with Crippen LogP contribution >= 0.6 is 0 Å². The lowest BCUT2D eigenvalue weighted by molar-refractivity contribution is 0.0982. The molecule has 0 aliphatic carbocycles. The van der Waals surface area contributed by atoms with E-state index < -0.39 is 10.1 Å². The molecule has 0 amide bonds. The van der Waals surface area contributed by atoms with E-state index >= 15 is 0 Å². The Morgan fingerprint density at radius 3 is 2.30 bits per heavy atom. The first kappa shape index (κ1) is 20.8. The van der Waals surface area contributed by atoms with Gasteiger partial charge >= 0.3 is 10.1 Å². The molecule has 0 aromatic heterocycles. The molecule has 144 valence electrons. The number of rotatable bonds is 7. The Labute approximate surface area is 159 Å². The van der Waals surface area contributed by atoms with Gasteiger partial charge in [-0.05, 0) is 58.0 Å². The van der Waals surface area contributed by atoms with Crippen molar-refractivity contribution in [2.24, 2.45) is 0 Å². The van der Waals surface area contributed by atoms with Gasteiger partial charge in [-0.2, -0.15) is 8.42 Å².